The molecule has 0 N–H and O–H groups in total. The Bertz CT molecular complexity index is 1310. The first kappa shape index (κ1) is 25.2. The van der Waals surface area contributed by atoms with Crippen molar-refractivity contribution in [1.82, 2.24) is 9.88 Å². The standard InChI is InChI=1S/C34H38N2O/c1-5-26-17-12-18-27(6-2)34(26)32-21-33(37-4)31(24(3)35-32)23-36(22-25-13-8-7-9-14-25)30-19-28-15-10-11-16-29(28)20-30/h7-18,21,30H,5-6,19-20,22-23H2,1-4H3. The van der Waals surface area contributed by atoms with Crippen LogP contribution in [0.2, 0.25) is 0 Å². The van der Waals surface area contributed by atoms with Gasteiger partial charge in [-0.2, -0.15) is 0 Å². The molecule has 0 spiro atoms. The number of hydrogen-bond donors (Lipinski definition) is 0. The Hall–Kier alpha value is -3.43. The van der Waals surface area contributed by atoms with E-state index >= 15 is 0 Å². The van der Waals surface area contributed by atoms with Gasteiger partial charge in [-0.1, -0.05) is 86.6 Å². The van der Waals surface area contributed by atoms with Crippen LogP contribution < -0.4 is 4.74 Å². The molecule has 1 heterocycles. The largest absolute Gasteiger partial charge is 0.496 e. The predicted molar refractivity (Wildman–Crippen MR) is 153 cm³/mol. The number of fused-ring (bicyclic) bond motifs is 1. The molecule has 0 saturated heterocycles. The summed E-state index contributed by atoms with van der Waals surface area (Å²) in [5, 5.41) is 0. The quantitative estimate of drug-likeness (QED) is 0.245. The van der Waals surface area contributed by atoms with Crippen molar-refractivity contribution in [3.63, 3.8) is 0 Å². The number of methoxy groups -OCH3 is 1. The highest BCUT2D eigenvalue weighted by atomic mass is 16.5. The zero-order valence-electron chi connectivity index (χ0n) is 22.6. The van der Waals surface area contributed by atoms with Crippen molar-refractivity contribution in [1.29, 1.82) is 0 Å². The van der Waals surface area contributed by atoms with Gasteiger partial charge in [0.2, 0.25) is 0 Å². The Kier molecular flexibility index (Phi) is 7.71. The van der Waals surface area contributed by atoms with Gasteiger partial charge in [-0.25, -0.2) is 0 Å². The van der Waals surface area contributed by atoms with Gasteiger partial charge in [0.05, 0.1) is 12.8 Å². The van der Waals surface area contributed by atoms with Crippen LogP contribution in [0, 0.1) is 6.92 Å². The van der Waals surface area contributed by atoms with Gasteiger partial charge >= 0.3 is 0 Å². The summed E-state index contributed by atoms with van der Waals surface area (Å²) >= 11 is 0. The Labute approximate surface area is 222 Å². The molecule has 37 heavy (non-hydrogen) atoms. The average molecular weight is 491 g/mol. The molecular formula is C34H38N2O. The lowest BCUT2D eigenvalue weighted by molar-refractivity contribution is 0.180. The van der Waals surface area contributed by atoms with Crippen LogP contribution in [0.15, 0.2) is 78.9 Å². The number of pyridine rings is 1. The second-order valence-corrected chi connectivity index (χ2v) is 10.2. The van der Waals surface area contributed by atoms with Crippen LogP contribution in [0.3, 0.4) is 0 Å². The number of aryl methyl sites for hydroxylation is 3. The Morgan fingerprint density at radius 3 is 2.03 bits per heavy atom. The summed E-state index contributed by atoms with van der Waals surface area (Å²) in [4.78, 5) is 7.81. The topological polar surface area (TPSA) is 25.4 Å². The van der Waals surface area contributed by atoms with Crippen molar-refractivity contribution in [2.45, 2.75) is 65.6 Å². The van der Waals surface area contributed by atoms with Gasteiger partial charge in [-0.05, 0) is 60.4 Å². The molecule has 1 aromatic heterocycles. The minimum Gasteiger partial charge on any atom is -0.496 e. The molecule has 0 fully saturated rings. The molecule has 0 bridgehead atoms. The molecular weight excluding hydrogens is 452 g/mol. The molecule has 0 amide bonds. The maximum atomic E-state index is 6.04. The summed E-state index contributed by atoms with van der Waals surface area (Å²) in [6.45, 7) is 8.30. The fourth-order valence-corrected chi connectivity index (χ4v) is 5.87. The molecule has 0 unspecified atom stereocenters. The molecule has 0 atom stereocenters. The summed E-state index contributed by atoms with van der Waals surface area (Å²) in [7, 11) is 1.79. The van der Waals surface area contributed by atoms with Crippen LogP contribution in [0.1, 0.15) is 52.9 Å². The van der Waals surface area contributed by atoms with E-state index < -0.39 is 0 Å². The highest BCUT2D eigenvalue weighted by Crippen LogP contribution is 2.35. The van der Waals surface area contributed by atoms with Gasteiger partial charge in [-0.15, -0.1) is 0 Å². The van der Waals surface area contributed by atoms with Crippen LogP contribution in [-0.2, 0) is 38.8 Å². The van der Waals surface area contributed by atoms with Gasteiger partial charge in [0.15, 0.2) is 0 Å². The number of ether oxygens (including phenoxy) is 1. The van der Waals surface area contributed by atoms with Gasteiger partial charge in [0.25, 0.3) is 0 Å². The SMILES string of the molecule is CCc1cccc(CC)c1-c1cc(OC)c(CN(Cc2ccccc2)C2Cc3ccccc3C2)c(C)n1. The fraction of sp³-hybridized carbons (Fsp3) is 0.324. The number of nitrogens with zero attached hydrogens (tertiary/aromatic N) is 2. The Morgan fingerprint density at radius 2 is 1.43 bits per heavy atom. The van der Waals surface area contributed by atoms with Crippen LogP contribution in [0.25, 0.3) is 11.3 Å². The van der Waals surface area contributed by atoms with E-state index in [1.54, 1.807) is 7.11 Å². The third-order valence-electron chi connectivity index (χ3n) is 7.90. The lowest BCUT2D eigenvalue weighted by Crippen LogP contribution is -2.35. The van der Waals surface area contributed by atoms with Crippen LogP contribution in [-0.4, -0.2) is 23.0 Å². The van der Waals surface area contributed by atoms with Crippen molar-refractivity contribution >= 4 is 0 Å². The van der Waals surface area contributed by atoms with Crippen LogP contribution in [0.4, 0.5) is 0 Å². The normalized spacial score (nSPS) is 13.2. The molecule has 1 aliphatic rings. The zero-order chi connectivity index (χ0) is 25.8. The highest BCUT2D eigenvalue weighted by molar-refractivity contribution is 5.70. The van der Waals surface area contributed by atoms with E-state index in [0.717, 1.165) is 55.9 Å². The Balaban J connectivity index is 1.51. The highest BCUT2D eigenvalue weighted by Gasteiger charge is 2.28. The number of aromatic nitrogens is 1. The van der Waals surface area contributed by atoms with E-state index in [4.69, 9.17) is 9.72 Å². The fourth-order valence-electron chi connectivity index (χ4n) is 5.87. The van der Waals surface area contributed by atoms with E-state index in [1.807, 2.05) is 0 Å². The van der Waals surface area contributed by atoms with E-state index in [2.05, 4.69) is 105 Å². The molecule has 3 nitrogen and oxygen atoms in total. The Morgan fingerprint density at radius 1 is 0.811 bits per heavy atom. The van der Waals surface area contributed by atoms with E-state index in [0.29, 0.717) is 6.04 Å². The zero-order valence-corrected chi connectivity index (χ0v) is 22.6. The minimum absolute atomic E-state index is 0.453. The maximum absolute atomic E-state index is 6.04. The summed E-state index contributed by atoms with van der Waals surface area (Å²) in [5.41, 5.74) is 11.5. The smallest absolute Gasteiger partial charge is 0.127 e. The lowest BCUT2D eigenvalue weighted by atomic mass is 9.94. The van der Waals surface area contributed by atoms with E-state index in [-0.39, 0.29) is 0 Å². The second kappa shape index (κ2) is 11.3. The average Bonchev–Trinajstić information content (AvgIpc) is 3.38. The molecule has 0 aliphatic heterocycles. The number of benzene rings is 3. The third kappa shape index (κ3) is 5.33. The molecule has 190 valence electrons. The van der Waals surface area contributed by atoms with Crippen molar-refractivity contribution < 1.29 is 4.74 Å². The monoisotopic (exact) mass is 490 g/mol. The number of rotatable bonds is 9. The van der Waals surface area contributed by atoms with Crippen LogP contribution in [0.5, 0.6) is 5.75 Å². The second-order valence-electron chi connectivity index (χ2n) is 10.2. The molecule has 3 heteroatoms. The molecule has 0 saturated carbocycles. The molecule has 3 aromatic carbocycles. The van der Waals surface area contributed by atoms with E-state index in [1.165, 1.54) is 38.9 Å². The van der Waals surface area contributed by atoms with Crippen molar-refractivity contribution in [3.05, 3.63) is 118 Å². The number of hydrogen-bond acceptors (Lipinski definition) is 3. The molecule has 5 rings (SSSR count). The maximum Gasteiger partial charge on any atom is 0.127 e. The molecule has 4 aromatic rings. The van der Waals surface area contributed by atoms with Gasteiger partial charge in [0.1, 0.15) is 5.75 Å². The summed E-state index contributed by atoms with van der Waals surface area (Å²) < 4.78 is 6.04. The van der Waals surface area contributed by atoms with Crippen LogP contribution >= 0.6 is 0 Å². The van der Waals surface area contributed by atoms with Gasteiger partial charge in [-0.3, -0.25) is 9.88 Å². The van der Waals surface area contributed by atoms with E-state index in [9.17, 15) is 0 Å². The predicted octanol–water partition coefficient (Wildman–Crippen LogP) is 7.36. The van der Waals surface area contributed by atoms with Gasteiger partial charge < -0.3 is 4.74 Å². The van der Waals surface area contributed by atoms with Crippen molar-refractivity contribution in [2.24, 2.45) is 0 Å². The minimum atomic E-state index is 0.453. The first-order valence-electron chi connectivity index (χ1n) is 13.6. The first-order valence-corrected chi connectivity index (χ1v) is 13.6. The lowest BCUT2D eigenvalue weighted by Gasteiger charge is -2.30. The van der Waals surface area contributed by atoms with Crippen molar-refractivity contribution in [2.75, 3.05) is 7.11 Å². The van der Waals surface area contributed by atoms with Crippen molar-refractivity contribution in [3.8, 4) is 17.0 Å². The first-order chi connectivity index (χ1) is 18.1. The third-order valence-corrected chi connectivity index (χ3v) is 7.90. The summed E-state index contributed by atoms with van der Waals surface area (Å²) in [5.74, 6) is 0.934. The molecule has 1 aliphatic carbocycles. The molecule has 0 radical (unpaired) electrons. The van der Waals surface area contributed by atoms with Gasteiger partial charge in [0, 0.05) is 42.0 Å². The summed E-state index contributed by atoms with van der Waals surface area (Å²) in [6.07, 6.45) is 4.14. The summed E-state index contributed by atoms with van der Waals surface area (Å²) in [6, 6.07) is 29.0.